The number of fused-ring (bicyclic) bond motifs is 1. The van der Waals surface area contributed by atoms with Crippen molar-refractivity contribution in [2.45, 2.75) is 44.4 Å². The topological polar surface area (TPSA) is 22.1 Å². The lowest BCUT2D eigenvalue weighted by atomic mass is 9.61. The Morgan fingerprint density at radius 3 is 2.56 bits per heavy atom. The van der Waals surface area contributed by atoms with E-state index in [1.165, 1.54) is 11.6 Å². The minimum absolute atomic E-state index is 0.0910. The van der Waals surface area contributed by atoms with Gasteiger partial charge in [0.15, 0.2) is 0 Å². The van der Waals surface area contributed by atoms with Crippen molar-refractivity contribution in [3.63, 3.8) is 0 Å². The summed E-state index contributed by atoms with van der Waals surface area (Å²) in [6, 6.07) is 10.6. The fraction of sp³-hybridized carbons (Fsp3) is 0.400. The molecular formula is C20H19F3NO. The van der Waals surface area contributed by atoms with E-state index in [1.807, 2.05) is 12.3 Å². The summed E-state index contributed by atoms with van der Waals surface area (Å²) >= 11 is 0. The van der Waals surface area contributed by atoms with Crippen molar-refractivity contribution in [1.82, 2.24) is 4.98 Å². The van der Waals surface area contributed by atoms with Crippen molar-refractivity contribution in [3.8, 4) is 5.75 Å². The maximum Gasteiger partial charge on any atom is 0.573 e. The number of alkyl halides is 3. The second-order valence-corrected chi connectivity index (χ2v) is 6.76. The fourth-order valence-electron chi connectivity index (χ4n) is 4.22. The third kappa shape index (κ3) is 3.24. The van der Waals surface area contributed by atoms with E-state index >= 15 is 0 Å². The van der Waals surface area contributed by atoms with Gasteiger partial charge < -0.3 is 4.74 Å². The fourth-order valence-corrected chi connectivity index (χ4v) is 4.22. The van der Waals surface area contributed by atoms with Crippen molar-refractivity contribution in [3.05, 3.63) is 65.3 Å². The number of para-hydroxylation sites is 1. The third-order valence-corrected chi connectivity index (χ3v) is 5.36. The van der Waals surface area contributed by atoms with Gasteiger partial charge in [-0.05, 0) is 55.7 Å². The Labute approximate surface area is 145 Å². The number of hydrogen-bond donors (Lipinski definition) is 0. The van der Waals surface area contributed by atoms with Gasteiger partial charge in [-0.2, -0.15) is 0 Å². The molecule has 0 aliphatic heterocycles. The number of nitrogens with zero attached hydrogens (tertiary/aromatic N) is 1. The van der Waals surface area contributed by atoms with E-state index in [1.54, 1.807) is 18.2 Å². The van der Waals surface area contributed by atoms with E-state index in [2.05, 4.69) is 15.8 Å². The molecular weight excluding hydrogens is 327 g/mol. The number of rotatable bonds is 3. The first-order chi connectivity index (χ1) is 12.0. The summed E-state index contributed by atoms with van der Waals surface area (Å²) in [4.78, 5) is 4.59. The van der Waals surface area contributed by atoms with Crippen LogP contribution in [0, 0.1) is 11.8 Å². The van der Waals surface area contributed by atoms with Crippen LogP contribution in [0.3, 0.4) is 0 Å². The lowest BCUT2D eigenvalue weighted by Crippen LogP contribution is -2.33. The molecule has 2 aliphatic carbocycles. The highest BCUT2D eigenvalue weighted by atomic mass is 19.4. The Morgan fingerprint density at radius 1 is 0.960 bits per heavy atom. The van der Waals surface area contributed by atoms with Crippen molar-refractivity contribution >= 4 is 0 Å². The number of hydrogen-bond acceptors (Lipinski definition) is 2. The zero-order valence-corrected chi connectivity index (χ0v) is 13.7. The number of aromatic nitrogens is 1. The number of ether oxygens (including phenoxy) is 1. The van der Waals surface area contributed by atoms with E-state index in [9.17, 15) is 13.2 Å². The predicted octanol–water partition coefficient (Wildman–Crippen LogP) is 5.43. The largest absolute Gasteiger partial charge is 0.573 e. The van der Waals surface area contributed by atoms with Gasteiger partial charge in [0, 0.05) is 29.3 Å². The highest BCUT2D eigenvalue weighted by molar-refractivity contribution is 5.48. The van der Waals surface area contributed by atoms with Crippen molar-refractivity contribution < 1.29 is 17.9 Å². The van der Waals surface area contributed by atoms with Gasteiger partial charge in [0.1, 0.15) is 5.75 Å². The van der Waals surface area contributed by atoms with Crippen LogP contribution in [-0.2, 0) is 6.42 Å². The molecule has 25 heavy (non-hydrogen) atoms. The van der Waals surface area contributed by atoms with Crippen molar-refractivity contribution in [2.24, 2.45) is 5.92 Å². The quantitative estimate of drug-likeness (QED) is 0.739. The molecule has 1 fully saturated rings. The minimum Gasteiger partial charge on any atom is -0.405 e. The Kier molecular flexibility index (Phi) is 4.18. The Bertz CT molecular complexity index is 759. The summed E-state index contributed by atoms with van der Waals surface area (Å²) in [7, 11) is 0. The number of pyridine rings is 1. The lowest BCUT2D eigenvalue weighted by Gasteiger charge is -2.43. The normalized spacial score (nSPS) is 23.6. The second kappa shape index (κ2) is 6.36. The molecule has 0 amide bonds. The van der Waals surface area contributed by atoms with E-state index in [-0.39, 0.29) is 11.7 Å². The van der Waals surface area contributed by atoms with Gasteiger partial charge >= 0.3 is 6.36 Å². The first kappa shape index (κ1) is 16.4. The van der Waals surface area contributed by atoms with Gasteiger partial charge in [0.2, 0.25) is 0 Å². The van der Waals surface area contributed by atoms with E-state index < -0.39 is 6.36 Å². The predicted molar refractivity (Wildman–Crippen MR) is 88.1 cm³/mol. The van der Waals surface area contributed by atoms with Crippen LogP contribution in [0.2, 0.25) is 0 Å². The molecule has 4 rings (SSSR count). The Balaban J connectivity index is 1.62. The molecule has 2 aromatic rings. The van der Waals surface area contributed by atoms with Gasteiger partial charge in [0.05, 0.1) is 0 Å². The first-order valence-corrected chi connectivity index (χ1v) is 8.67. The van der Waals surface area contributed by atoms with Crippen LogP contribution in [0.5, 0.6) is 5.75 Å². The van der Waals surface area contributed by atoms with E-state index in [4.69, 9.17) is 0 Å². The van der Waals surface area contributed by atoms with Crippen molar-refractivity contribution in [2.75, 3.05) is 0 Å². The van der Waals surface area contributed by atoms with E-state index in [0.29, 0.717) is 11.5 Å². The molecule has 131 valence electrons. The van der Waals surface area contributed by atoms with Gasteiger partial charge in [-0.15, -0.1) is 13.2 Å². The minimum atomic E-state index is -4.67. The van der Waals surface area contributed by atoms with Crippen LogP contribution >= 0.6 is 0 Å². The Morgan fingerprint density at radius 2 is 1.80 bits per heavy atom. The lowest BCUT2D eigenvalue weighted by molar-refractivity contribution is -0.274. The molecule has 2 unspecified atom stereocenters. The highest BCUT2D eigenvalue weighted by Gasteiger charge is 2.43. The number of aryl methyl sites for hydroxylation is 1. The van der Waals surface area contributed by atoms with Crippen molar-refractivity contribution in [1.29, 1.82) is 0 Å². The molecule has 5 heteroatoms. The van der Waals surface area contributed by atoms with Gasteiger partial charge in [0.25, 0.3) is 0 Å². The number of halogens is 3. The second-order valence-electron chi connectivity index (χ2n) is 6.76. The van der Waals surface area contributed by atoms with Gasteiger partial charge in [-0.1, -0.05) is 24.3 Å². The SMILES string of the molecule is FC(F)(F)Oc1ccccc1[C]1CCC1C1CCCc2cccnc21. The average Bonchev–Trinajstić information content (AvgIpc) is 2.55. The average molecular weight is 346 g/mol. The molecule has 0 bridgehead atoms. The monoisotopic (exact) mass is 346 g/mol. The van der Waals surface area contributed by atoms with Crippen LogP contribution in [-0.4, -0.2) is 11.3 Å². The molecule has 0 spiro atoms. The molecule has 2 atom stereocenters. The zero-order valence-electron chi connectivity index (χ0n) is 13.7. The maximum atomic E-state index is 12.7. The Hall–Kier alpha value is -2.04. The first-order valence-electron chi connectivity index (χ1n) is 8.67. The molecule has 2 aliphatic rings. The van der Waals surface area contributed by atoms with Crippen LogP contribution in [0.15, 0.2) is 42.6 Å². The molecule has 0 N–H and O–H groups in total. The van der Waals surface area contributed by atoms with Gasteiger partial charge in [-0.25, -0.2) is 0 Å². The molecule has 1 radical (unpaired) electrons. The summed E-state index contributed by atoms with van der Waals surface area (Å²) in [5.74, 6) is 1.54. The number of benzene rings is 1. The smallest absolute Gasteiger partial charge is 0.405 e. The third-order valence-electron chi connectivity index (χ3n) is 5.36. The molecule has 1 aromatic heterocycles. The standard InChI is InChI=1S/C20H19F3NO/c21-20(22,23)25-18-9-2-1-7-16(18)14-10-11-15(14)17-8-3-5-13-6-4-12-24-19(13)17/h1-2,4,6-7,9,12,15,17H,3,5,8,10-11H2. The van der Waals surface area contributed by atoms with Gasteiger partial charge in [-0.3, -0.25) is 4.98 Å². The summed E-state index contributed by atoms with van der Waals surface area (Å²) in [6.07, 6.45) is 2.15. The molecule has 1 aromatic carbocycles. The van der Waals surface area contributed by atoms with Crippen LogP contribution in [0.4, 0.5) is 13.2 Å². The summed E-state index contributed by atoms with van der Waals surface area (Å²) in [5, 5.41) is 0. The molecule has 1 heterocycles. The van der Waals surface area contributed by atoms with Crippen LogP contribution in [0.25, 0.3) is 0 Å². The van der Waals surface area contributed by atoms with Crippen LogP contribution < -0.4 is 4.74 Å². The molecule has 2 nitrogen and oxygen atoms in total. The zero-order chi connectivity index (χ0) is 17.4. The maximum absolute atomic E-state index is 12.7. The summed E-state index contributed by atoms with van der Waals surface area (Å²) in [5.41, 5.74) is 3.01. The van der Waals surface area contributed by atoms with E-state index in [0.717, 1.165) is 43.7 Å². The summed E-state index contributed by atoms with van der Waals surface area (Å²) in [6.45, 7) is 0. The highest BCUT2D eigenvalue weighted by Crippen LogP contribution is 2.53. The molecule has 1 saturated carbocycles. The summed E-state index contributed by atoms with van der Waals surface area (Å²) < 4.78 is 42.4. The van der Waals surface area contributed by atoms with Crippen LogP contribution in [0.1, 0.15) is 48.4 Å². The molecule has 0 saturated heterocycles.